The molecule has 3 aliphatic rings. The van der Waals surface area contributed by atoms with Crippen LogP contribution in [-0.4, -0.2) is 28.7 Å². The van der Waals surface area contributed by atoms with Crippen LogP contribution in [-0.2, 0) is 26.3 Å². The van der Waals surface area contributed by atoms with Gasteiger partial charge in [-0.3, -0.25) is 19.7 Å². The van der Waals surface area contributed by atoms with Gasteiger partial charge in [-0.05, 0) is 49.6 Å². The Hall–Kier alpha value is -4.23. The molecule has 3 aliphatic heterocycles. The molecule has 4 aromatic rings. The van der Waals surface area contributed by atoms with Crippen molar-refractivity contribution in [2.75, 3.05) is 10.2 Å². The quantitative estimate of drug-likeness (QED) is 0.379. The van der Waals surface area contributed by atoms with Gasteiger partial charge in [-0.25, -0.2) is 4.90 Å². The molecule has 1 spiro atoms. The number of anilines is 2. The molecule has 3 aromatic carbocycles. The van der Waals surface area contributed by atoms with E-state index in [1.807, 2.05) is 74.6 Å². The van der Waals surface area contributed by atoms with Gasteiger partial charge in [0.15, 0.2) is 0 Å². The Morgan fingerprint density at radius 3 is 2.49 bits per heavy atom. The fourth-order valence-electron chi connectivity index (χ4n) is 6.80. The highest BCUT2D eigenvalue weighted by Crippen LogP contribution is 2.54. The van der Waals surface area contributed by atoms with Gasteiger partial charge in [0.25, 0.3) is 0 Å². The molecule has 3 amide bonds. The van der Waals surface area contributed by atoms with Gasteiger partial charge >= 0.3 is 0 Å². The molecule has 37 heavy (non-hydrogen) atoms. The molecule has 1 aromatic heterocycles. The van der Waals surface area contributed by atoms with E-state index in [-0.39, 0.29) is 17.7 Å². The SMILES string of the molecule is Cc1cc(C)c2c(c1)C1(NC(Cc3c[nH]c4ccccc34)C3C(=O)N(c4ccccc4)C(=O)C31)C(=O)N2. The van der Waals surface area contributed by atoms with E-state index in [0.717, 1.165) is 38.8 Å². The standard InChI is InChI=1S/C30H26N4O3/c1-16-12-17(2)26-21(13-16)30(29(37)32-26)25-24(27(35)34(28(25)36)19-8-4-3-5-9-19)23(33-30)14-18-15-31-22-11-7-6-10-20(18)22/h3-13,15,23-25,31,33H,14H2,1-2H3,(H,32,37). The Balaban J connectivity index is 1.40. The number of hydrogen-bond acceptors (Lipinski definition) is 4. The lowest BCUT2D eigenvalue weighted by atomic mass is 9.75. The van der Waals surface area contributed by atoms with Crippen LogP contribution in [0.15, 0.2) is 72.9 Å². The van der Waals surface area contributed by atoms with Gasteiger partial charge in [-0.1, -0.05) is 54.1 Å². The zero-order chi connectivity index (χ0) is 25.5. The molecule has 2 fully saturated rings. The molecule has 7 heteroatoms. The van der Waals surface area contributed by atoms with Crippen molar-refractivity contribution in [1.82, 2.24) is 10.3 Å². The highest BCUT2D eigenvalue weighted by Gasteiger charge is 2.70. The second-order valence-electron chi connectivity index (χ2n) is 10.4. The monoisotopic (exact) mass is 490 g/mol. The first kappa shape index (κ1) is 22.0. The number of fused-ring (bicyclic) bond motifs is 5. The molecule has 4 heterocycles. The number of imide groups is 1. The third kappa shape index (κ3) is 2.89. The van der Waals surface area contributed by atoms with E-state index in [2.05, 4.69) is 15.6 Å². The maximum Gasteiger partial charge on any atom is 0.250 e. The number of nitrogens with one attached hydrogen (secondary N) is 3. The van der Waals surface area contributed by atoms with E-state index >= 15 is 0 Å². The van der Waals surface area contributed by atoms with Crippen molar-refractivity contribution in [2.24, 2.45) is 11.8 Å². The third-order valence-electron chi connectivity index (χ3n) is 8.29. The van der Waals surface area contributed by atoms with Crippen molar-refractivity contribution in [3.8, 4) is 0 Å². The topological polar surface area (TPSA) is 94.3 Å². The van der Waals surface area contributed by atoms with Crippen LogP contribution in [0.2, 0.25) is 0 Å². The first-order valence-corrected chi connectivity index (χ1v) is 12.6. The highest BCUT2D eigenvalue weighted by atomic mass is 16.2. The molecule has 7 rings (SSSR count). The van der Waals surface area contributed by atoms with E-state index in [9.17, 15) is 14.4 Å². The molecule has 0 saturated carbocycles. The molecule has 7 nitrogen and oxygen atoms in total. The number of aromatic amines is 1. The number of carbonyl (C=O) groups excluding carboxylic acids is 3. The Bertz CT molecular complexity index is 1620. The van der Waals surface area contributed by atoms with Crippen LogP contribution in [0.4, 0.5) is 11.4 Å². The molecule has 3 N–H and O–H groups in total. The lowest BCUT2D eigenvalue weighted by Gasteiger charge is -2.30. The van der Waals surface area contributed by atoms with Gasteiger partial charge in [-0.15, -0.1) is 0 Å². The number of rotatable bonds is 3. The minimum absolute atomic E-state index is 0.263. The zero-order valence-corrected chi connectivity index (χ0v) is 20.5. The van der Waals surface area contributed by atoms with Crippen molar-refractivity contribution >= 4 is 40.0 Å². The number of nitrogens with zero attached hydrogens (tertiary/aromatic N) is 1. The molecule has 4 unspecified atom stereocenters. The van der Waals surface area contributed by atoms with Gasteiger partial charge in [-0.2, -0.15) is 0 Å². The summed E-state index contributed by atoms with van der Waals surface area (Å²) < 4.78 is 0. The first-order chi connectivity index (χ1) is 17.9. The average molecular weight is 491 g/mol. The van der Waals surface area contributed by atoms with Crippen LogP contribution < -0.4 is 15.5 Å². The summed E-state index contributed by atoms with van der Waals surface area (Å²) in [4.78, 5) is 46.6. The summed E-state index contributed by atoms with van der Waals surface area (Å²) >= 11 is 0. The van der Waals surface area contributed by atoms with Crippen LogP contribution in [0.1, 0.15) is 22.3 Å². The number of hydrogen-bond donors (Lipinski definition) is 3. The first-order valence-electron chi connectivity index (χ1n) is 12.6. The molecule has 4 atom stereocenters. The van der Waals surface area contributed by atoms with E-state index in [4.69, 9.17) is 0 Å². The van der Waals surface area contributed by atoms with Crippen LogP contribution in [0.5, 0.6) is 0 Å². The van der Waals surface area contributed by atoms with Crippen molar-refractivity contribution < 1.29 is 14.4 Å². The van der Waals surface area contributed by atoms with Gasteiger partial charge in [0, 0.05) is 34.4 Å². The van der Waals surface area contributed by atoms with Crippen LogP contribution >= 0.6 is 0 Å². The van der Waals surface area contributed by atoms with Crippen LogP contribution in [0.25, 0.3) is 10.9 Å². The summed E-state index contributed by atoms with van der Waals surface area (Å²) in [6.45, 7) is 3.94. The Morgan fingerprint density at radius 1 is 0.919 bits per heavy atom. The lowest BCUT2D eigenvalue weighted by Crippen LogP contribution is -2.53. The number of para-hydroxylation sites is 2. The van der Waals surface area contributed by atoms with Crippen molar-refractivity contribution in [2.45, 2.75) is 31.8 Å². The summed E-state index contributed by atoms with van der Waals surface area (Å²) in [7, 11) is 0. The number of amides is 3. The summed E-state index contributed by atoms with van der Waals surface area (Å²) in [6, 6.07) is 20.6. The molecular formula is C30H26N4O3. The van der Waals surface area contributed by atoms with Gasteiger partial charge in [0.2, 0.25) is 17.7 Å². The van der Waals surface area contributed by atoms with Crippen LogP contribution in [0, 0.1) is 25.7 Å². The Morgan fingerprint density at radius 2 is 1.68 bits per heavy atom. The van der Waals surface area contributed by atoms with Gasteiger partial charge < -0.3 is 10.3 Å². The summed E-state index contributed by atoms with van der Waals surface area (Å²) in [5.74, 6) is -2.40. The predicted octanol–water partition coefficient (Wildman–Crippen LogP) is 3.95. The fourth-order valence-corrected chi connectivity index (χ4v) is 6.80. The summed E-state index contributed by atoms with van der Waals surface area (Å²) in [6.07, 6.45) is 2.46. The molecule has 0 bridgehead atoms. The zero-order valence-electron chi connectivity index (χ0n) is 20.5. The maximum absolute atomic E-state index is 14.1. The second kappa shape index (κ2) is 7.63. The normalized spacial score (nSPS) is 26.3. The molecule has 184 valence electrons. The summed E-state index contributed by atoms with van der Waals surface area (Å²) in [5, 5.41) is 7.69. The minimum atomic E-state index is -1.32. The predicted molar refractivity (Wildman–Crippen MR) is 141 cm³/mol. The lowest BCUT2D eigenvalue weighted by molar-refractivity contribution is -0.130. The Kier molecular flexibility index (Phi) is 4.54. The number of benzene rings is 3. The minimum Gasteiger partial charge on any atom is -0.361 e. The largest absolute Gasteiger partial charge is 0.361 e. The molecule has 0 radical (unpaired) electrons. The molecule has 2 saturated heterocycles. The number of aryl methyl sites for hydroxylation is 2. The Labute approximate surface area is 213 Å². The van der Waals surface area contributed by atoms with E-state index in [1.54, 1.807) is 12.1 Å². The van der Waals surface area contributed by atoms with Crippen molar-refractivity contribution in [3.05, 3.63) is 95.2 Å². The fraction of sp³-hybridized carbons (Fsp3) is 0.233. The van der Waals surface area contributed by atoms with E-state index in [1.165, 1.54) is 4.90 Å². The maximum atomic E-state index is 14.1. The van der Waals surface area contributed by atoms with E-state index in [0.29, 0.717) is 12.1 Å². The van der Waals surface area contributed by atoms with Gasteiger partial charge in [0.05, 0.1) is 17.5 Å². The number of aromatic nitrogens is 1. The van der Waals surface area contributed by atoms with Crippen molar-refractivity contribution in [1.29, 1.82) is 0 Å². The van der Waals surface area contributed by atoms with Crippen molar-refractivity contribution in [3.63, 3.8) is 0 Å². The highest BCUT2D eigenvalue weighted by molar-refractivity contribution is 6.26. The molecular weight excluding hydrogens is 464 g/mol. The van der Waals surface area contributed by atoms with Gasteiger partial charge in [0.1, 0.15) is 5.54 Å². The summed E-state index contributed by atoms with van der Waals surface area (Å²) in [5.41, 5.74) is 4.70. The molecule has 0 aliphatic carbocycles. The number of H-pyrrole nitrogens is 1. The smallest absolute Gasteiger partial charge is 0.250 e. The average Bonchev–Trinajstić information content (AvgIpc) is 3.60. The number of carbonyl (C=O) groups is 3. The third-order valence-corrected chi connectivity index (χ3v) is 8.29. The van der Waals surface area contributed by atoms with Crippen LogP contribution in [0.3, 0.4) is 0 Å². The second-order valence-corrected chi connectivity index (χ2v) is 10.4. The van der Waals surface area contributed by atoms with E-state index < -0.39 is 23.4 Å².